The molecule has 0 aromatic heterocycles. The zero-order valence-electron chi connectivity index (χ0n) is 15.5. The first-order valence-corrected chi connectivity index (χ1v) is 10.7. The lowest BCUT2D eigenvalue weighted by Gasteiger charge is -2.26. The Morgan fingerprint density at radius 3 is 2.46 bits per heavy atom. The third kappa shape index (κ3) is 10.1. The summed E-state index contributed by atoms with van der Waals surface area (Å²) in [6.07, 6.45) is 8.83. The van der Waals surface area contributed by atoms with Gasteiger partial charge in [0.15, 0.2) is 5.96 Å². The molecule has 3 N–H and O–H groups in total. The van der Waals surface area contributed by atoms with Crippen LogP contribution in [0.2, 0.25) is 0 Å². The zero-order chi connectivity index (χ0) is 18.1. The van der Waals surface area contributed by atoms with Crippen LogP contribution in [0, 0.1) is 0 Å². The summed E-state index contributed by atoms with van der Waals surface area (Å²) in [6.45, 7) is 5.62. The Balaban J connectivity index is 2.18. The molecule has 1 aliphatic rings. The summed E-state index contributed by atoms with van der Waals surface area (Å²) in [5.74, 6) is 0.663. The first kappa shape index (κ1) is 21.2. The molecule has 0 aromatic rings. The molecule has 0 bridgehead atoms. The molecule has 1 rings (SSSR count). The van der Waals surface area contributed by atoms with E-state index < -0.39 is 15.6 Å². The molecule has 0 spiro atoms. The van der Waals surface area contributed by atoms with E-state index in [2.05, 4.69) is 20.3 Å². The second kappa shape index (κ2) is 10.2. The Bertz CT molecular complexity index is 486. The molecule has 0 saturated heterocycles. The third-order valence-corrected chi connectivity index (χ3v) is 4.83. The first-order valence-electron chi connectivity index (χ1n) is 8.77. The molecule has 0 radical (unpaired) electrons. The predicted octanol–water partition coefficient (Wildman–Crippen LogP) is 1.22. The highest BCUT2D eigenvalue weighted by Gasteiger charge is 2.22. The molecule has 1 aliphatic carbocycles. The van der Waals surface area contributed by atoms with Crippen LogP contribution >= 0.6 is 0 Å². The van der Waals surface area contributed by atoms with Crippen LogP contribution in [0.25, 0.3) is 0 Å². The molecular formula is C16H34N4O3S. The van der Waals surface area contributed by atoms with Crippen LogP contribution in [0.4, 0.5) is 0 Å². The maximum Gasteiger partial charge on any atom is 0.209 e. The number of sulfonamides is 1. The van der Waals surface area contributed by atoms with E-state index in [1.807, 2.05) is 13.8 Å². The standard InChI is InChI=1S/C16H34N4O3S/c1-16(2,20-24(4,21)22)13-19-15(17-3)18-11-8-12-23-14-9-6-5-7-10-14/h14,20H,5-13H2,1-4H3,(H2,17,18,19). The highest BCUT2D eigenvalue weighted by molar-refractivity contribution is 7.88. The quantitative estimate of drug-likeness (QED) is 0.326. The predicted molar refractivity (Wildman–Crippen MR) is 98.9 cm³/mol. The van der Waals surface area contributed by atoms with Crippen LogP contribution < -0.4 is 15.4 Å². The maximum absolute atomic E-state index is 11.3. The van der Waals surface area contributed by atoms with Crippen molar-refractivity contribution in [3.63, 3.8) is 0 Å². The number of guanidine groups is 1. The molecule has 0 atom stereocenters. The summed E-state index contributed by atoms with van der Waals surface area (Å²) in [7, 11) is -1.54. The molecule has 24 heavy (non-hydrogen) atoms. The minimum absolute atomic E-state index is 0.443. The number of aliphatic imine (C=N–C) groups is 1. The van der Waals surface area contributed by atoms with Crippen molar-refractivity contribution in [2.75, 3.05) is 33.0 Å². The molecule has 8 heteroatoms. The van der Waals surface area contributed by atoms with Crippen molar-refractivity contribution in [3.8, 4) is 0 Å². The van der Waals surface area contributed by atoms with Crippen LogP contribution in [0.1, 0.15) is 52.4 Å². The van der Waals surface area contributed by atoms with Crippen LogP contribution in [0.3, 0.4) is 0 Å². The molecule has 0 unspecified atom stereocenters. The lowest BCUT2D eigenvalue weighted by atomic mass is 9.98. The molecule has 142 valence electrons. The first-order chi connectivity index (χ1) is 11.2. The van der Waals surface area contributed by atoms with Gasteiger partial charge in [-0.3, -0.25) is 4.99 Å². The second-order valence-corrected chi connectivity index (χ2v) is 8.84. The fourth-order valence-electron chi connectivity index (χ4n) is 2.82. The van der Waals surface area contributed by atoms with E-state index in [1.54, 1.807) is 7.05 Å². The van der Waals surface area contributed by atoms with Crippen molar-refractivity contribution >= 4 is 16.0 Å². The van der Waals surface area contributed by atoms with Gasteiger partial charge in [0.1, 0.15) is 0 Å². The van der Waals surface area contributed by atoms with E-state index in [-0.39, 0.29) is 0 Å². The number of ether oxygens (including phenoxy) is 1. The SMILES string of the molecule is CN=C(NCCCOC1CCCCC1)NCC(C)(C)NS(C)(=O)=O. The molecule has 1 saturated carbocycles. The van der Waals surface area contributed by atoms with E-state index in [1.165, 1.54) is 32.1 Å². The maximum atomic E-state index is 11.3. The van der Waals surface area contributed by atoms with Crippen LogP contribution in [0.15, 0.2) is 4.99 Å². The molecule has 0 aromatic carbocycles. The lowest BCUT2D eigenvalue weighted by molar-refractivity contribution is 0.0277. The average molecular weight is 363 g/mol. The summed E-state index contributed by atoms with van der Waals surface area (Å²) in [5, 5.41) is 6.37. The molecule has 7 nitrogen and oxygen atoms in total. The summed E-state index contributed by atoms with van der Waals surface area (Å²) >= 11 is 0. The van der Waals surface area contributed by atoms with E-state index in [9.17, 15) is 8.42 Å². The Morgan fingerprint density at radius 1 is 1.21 bits per heavy atom. The van der Waals surface area contributed by atoms with Gasteiger partial charge in [-0.05, 0) is 33.1 Å². The normalized spacial score (nSPS) is 17.8. The fourth-order valence-corrected chi connectivity index (χ4v) is 3.90. The number of hydrogen-bond donors (Lipinski definition) is 3. The van der Waals surface area contributed by atoms with Crippen molar-refractivity contribution in [2.45, 2.75) is 64.0 Å². The summed E-state index contributed by atoms with van der Waals surface area (Å²) in [4.78, 5) is 4.15. The summed E-state index contributed by atoms with van der Waals surface area (Å²) < 4.78 is 31.2. The van der Waals surface area contributed by atoms with E-state index in [0.717, 1.165) is 25.8 Å². The smallest absolute Gasteiger partial charge is 0.209 e. The molecule has 1 fully saturated rings. The van der Waals surface area contributed by atoms with E-state index in [0.29, 0.717) is 18.6 Å². The van der Waals surface area contributed by atoms with Crippen molar-refractivity contribution in [1.29, 1.82) is 0 Å². The Hall–Kier alpha value is -0.860. The van der Waals surface area contributed by atoms with Crippen LogP contribution in [-0.4, -0.2) is 59.0 Å². The number of nitrogens with zero attached hydrogens (tertiary/aromatic N) is 1. The van der Waals surface area contributed by atoms with Crippen molar-refractivity contribution < 1.29 is 13.2 Å². The Kier molecular flexibility index (Phi) is 9.01. The largest absolute Gasteiger partial charge is 0.378 e. The van der Waals surface area contributed by atoms with Gasteiger partial charge in [-0.15, -0.1) is 0 Å². The monoisotopic (exact) mass is 362 g/mol. The van der Waals surface area contributed by atoms with Crippen molar-refractivity contribution in [1.82, 2.24) is 15.4 Å². The Morgan fingerprint density at radius 2 is 1.88 bits per heavy atom. The van der Waals surface area contributed by atoms with Gasteiger partial charge in [-0.2, -0.15) is 0 Å². The average Bonchev–Trinajstić information content (AvgIpc) is 2.48. The molecule has 0 amide bonds. The third-order valence-electron chi connectivity index (χ3n) is 3.90. The molecule has 0 aliphatic heterocycles. The Labute approximate surface area is 147 Å². The minimum Gasteiger partial charge on any atom is -0.378 e. The number of hydrogen-bond acceptors (Lipinski definition) is 4. The van der Waals surface area contributed by atoms with Crippen LogP contribution in [0.5, 0.6) is 0 Å². The fraction of sp³-hybridized carbons (Fsp3) is 0.938. The van der Waals surface area contributed by atoms with Gasteiger partial charge in [0.05, 0.1) is 12.4 Å². The highest BCUT2D eigenvalue weighted by atomic mass is 32.2. The van der Waals surface area contributed by atoms with Gasteiger partial charge in [0.25, 0.3) is 0 Å². The van der Waals surface area contributed by atoms with Crippen molar-refractivity contribution in [2.24, 2.45) is 4.99 Å². The number of nitrogens with one attached hydrogen (secondary N) is 3. The van der Waals surface area contributed by atoms with Gasteiger partial charge in [0, 0.05) is 32.3 Å². The lowest BCUT2D eigenvalue weighted by Crippen LogP contribution is -2.53. The van der Waals surface area contributed by atoms with Gasteiger partial charge in [-0.1, -0.05) is 19.3 Å². The second-order valence-electron chi connectivity index (χ2n) is 7.10. The molecule has 0 heterocycles. The topological polar surface area (TPSA) is 91.8 Å². The van der Waals surface area contributed by atoms with Crippen LogP contribution in [-0.2, 0) is 14.8 Å². The van der Waals surface area contributed by atoms with Gasteiger partial charge >= 0.3 is 0 Å². The highest BCUT2D eigenvalue weighted by Crippen LogP contribution is 2.20. The van der Waals surface area contributed by atoms with Gasteiger partial charge < -0.3 is 15.4 Å². The van der Waals surface area contributed by atoms with E-state index in [4.69, 9.17) is 4.74 Å². The summed E-state index contributed by atoms with van der Waals surface area (Å²) in [5.41, 5.74) is -0.588. The molecular weight excluding hydrogens is 328 g/mol. The number of rotatable bonds is 9. The van der Waals surface area contributed by atoms with E-state index >= 15 is 0 Å². The van der Waals surface area contributed by atoms with Gasteiger partial charge in [-0.25, -0.2) is 13.1 Å². The van der Waals surface area contributed by atoms with Gasteiger partial charge in [0.2, 0.25) is 10.0 Å². The zero-order valence-corrected chi connectivity index (χ0v) is 16.3. The van der Waals surface area contributed by atoms with Crippen molar-refractivity contribution in [3.05, 3.63) is 0 Å². The minimum atomic E-state index is -3.24. The summed E-state index contributed by atoms with van der Waals surface area (Å²) in [6, 6.07) is 0.